The van der Waals surface area contributed by atoms with Gasteiger partial charge >= 0.3 is 0 Å². The second-order valence-corrected chi connectivity index (χ2v) is 12.0. The summed E-state index contributed by atoms with van der Waals surface area (Å²) in [4.78, 5) is 13.5. The fourth-order valence-electron chi connectivity index (χ4n) is 9.24. The SMILES string of the molecule is C[C@]12CCC3[C@@H](CC[C@H]4C[C@H](O)CC[C@]34CO)[C@@H]1CC[C@@H]2C(=O)CC1C=CC=CCC1. The molecule has 0 saturated heterocycles. The van der Waals surface area contributed by atoms with Crippen LogP contribution in [-0.4, -0.2) is 28.7 Å². The van der Waals surface area contributed by atoms with Crippen molar-refractivity contribution in [2.45, 2.75) is 90.1 Å². The molecular weight excluding hydrogens is 384 g/mol. The fourth-order valence-corrected chi connectivity index (χ4v) is 9.24. The summed E-state index contributed by atoms with van der Waals surface area (Å²) in [5, 5.41) is 20.9. The van der Waals surface area contributed by atoms with Crippen LogP contribution >= 0.6 is 0 Å². The monoisotopic (exact) mass is 426 g/mol. The van der Waals surface area contributed by atoms with Crippen molar-refractivity contribution < 1.29 is 15.0 Å². The van der Waals surface area contributed by atoms with Gasteiger partial charge in [0.1, 0.15) is 5.78 Å². The Hall–Kier alpha value is -0.930. The number of aliphatic hydroxyl groups is 2. The van der Waals surface area contributed by atoms with Crippen molar-refractivity contribution in [2.75, 3.05) is 6.61 Å². The second kappa shape index (κ2) is 8.45. The Morgan fingerprint density at radius 2 is 1.87 bits per heavy atom. The lowest BCUT2D eigenvalue weighted by molar-refractivity contribution is -0.157. The summed E-state index contributed by atoms with van der Waals surface area (Å²) in [5.41, 5.74) is 0.187. The first-order valence-electron chi connectivity index (χ1n) is 13.1. The zero-order valence-electron chi connectivity index (χ0n) is 19.3. The average molecular weight is 427 g/mol. The minimum absolute atomic E-state index is 0.0315. The Morgan fingerprint density at radius 3 is 2.71 bits per heavy atom. The maximum absolute atomic E-state index is 13.5. The van der Waals surface area contributed by atoms with Gasteiger partial charge in [-0.05, 0) is 111 Å². The van der Waals surface area contributed by atoms with Crippen molar-refractivity contribution >= 4 is 5.78 Å². The minimum Gasteiger partial charge on any atom is -0.396 e. The van der Waals surface area contributed by atoms with Gasteiger partial charge in [-0.1, -0.05) is 31.2 Å². The largest absolute Gasteiger partial charge is 0.396 e. The van der Waals surface area contributed by atoms with Crippen LogP contribution in [0.1, 0.15) is 84.0 Å². The van der Waals surface area contributed by atoms with Crippen LogP contribution < -0.4 is 0 Å². The van der Waals surface area contributed by atoms with E-state index < -0.39 is 0 Å². The normalized spacial score (nSPS) is 49.1. The average Bonchev–Trinajstić information content (AvgIpc) is 2.92. The van der Waals surface area contributed by atoms with Gasteiger partial charge in [0, 0.05) is 18.9 Å². The molecule has 5 rings (SSSR count). The van der Waals surface area contributed by atoms with Crippen molar-refractivity contribution in [3.8, 4) is 0 Å². The summed E-state index contributed by atoms with van der Waals surface area (Å²) in [7, 11) is 0. The summed E-state index contributed by atoms with van der Waals surface area (Å²) in [6.07, 6.45) is 21.2. The maximum atomic E-state index is 13.5. The molecule has 0 spiro atoms. The third kappa shape index (κ3) is 3.59. The van der Waals surface area contributed by atoms with E-state index in [0.29, 0.717) is 42.0 Å². The molecule has 2 N–H and O–H groups in total. The molecule has 0 aromatic heterocycles. The van der Waals surface area contributed by atoms with Crippen LogP contribution in [0.5, 0.6) is 0 Å². The molecule has 31 heavy (non-hydrogen) atoms. The van der Waals surface area contributed by atoms with Gasteiger partial charge in [-0.15, -0.1) is 0 Å². The number of ketones is 1. The van der Waals surface area contributed by atoms with Crippen molar-refractivity contribution in [3.05, 3.63) is 24.3 Å². The first kappa shape index (κ1) is 21.9. The molecule has 0 radical (unpaired) electrons. The van der Waals surface area contributed by atoms with Crippen LogP contribution in [0.15, 0.2) is 24.3 Å². The molecule has 3 nitrogen and oxygen atoms in total. The summed E-state index contributed by atoms with van der Waals surface area (Å²) in [6.45, 7) is 2.73. The standard InChI is InChI=1S/C28H42O3/c1-27-14-13-24-22(9-8-20-17-21(30)12-15-28(20,24)18-29)23(27)10-11-25(27)26(31)16-19-6-4-2-3-5-7-19/h2-4,6,19-25,29-30H,5,7-18H2,1H3/t19?,20-,21+,22-,23-,24?,25+,27-,28+/m0/s1. The molecule has 0 amide bonds. The van der Waals surface area contributed by atoms with Crippen LogP contribution in [0.25, 0.3) is 0 Å². The molecule has 0 aromatic carbocycles. The van der Waals surface area contributed by atoms with Gasteiger partial charge in [-0.25, -0.2) is 0 Å². The molecule has 3 heteroatoms. The lowest BCUT2D eigenvalue weighted by Gasteiger charge is -2.61. The summed E-state index contributed by atoms with van der Waals surface area (Å²) >= 11 is 0. The highest BCUT2D eigenvalue weighted by atomic mass is 16.3. The van der Waals surface area contributed by atoms with Crippen molar-refractivity contribution in [3.63, 3.8) is 0 Å². The Bertz CT molecular complexity index is 741. The molecule has 0 aliphatic heterocycles. The topological polar surface area (TPSA) is 57.5 Å². The van der Waals surface area contributed by atoms with Crippen molar-refractivity contribution in [1.82, 2.24) is 0 Å². The summed E-state index contributed by atoms with van der Waals surface area (Å²) < 4.78 is 0. The number of Topliss-reactive ketones (excluding diaryl/α,β-unsaturated/α-hetero) is 1. The number of hydrogen-bond acceptors (Lipinski definition) is 3. The highest BCUT2D eigenvalue weighted by molar-refractivity contribution is 5.82. The van der Waals surface area contributed by atoms with E-state index in [0.717, 1.165) is 57.8 Å². The Kier molecular flexibility index (Phi) is 5.97. The van der Waals surface area contributed by atoms with Crippen molar-refractivity contribution in [1.29, 1.82) is 0 Å². The maximum Gasteiger partial charge on any atom is 0.137 e. The molecular formula is C28H42O3. The van der Waals surface area contributed by atoms with Crippen LogP contribution in [0.4, 0.5) is 0 Å². The molecule has 9 atom stereocenters. The molecule has 0 aromatic rings. The fraction of sp³-hybridized carbons (Fsp3) is 0.821. The number of hydrogen-bond donors (Lipinski definition) is 2. The molecule has 2 unspecified atom stereocenters. The molecule has 0 heterocycles. The van der Waals surface area contributed by atoms with Crippen LogP contribution in [-0.2, 0) is 4.79 Å². The predicted molar refractivity (Wildman–Crippen MR) is 123 cm³/mol. The number of aliphatic hydroxyl groups excluding tert-OH is 2. The van der Waals surface area contributed by atoms with E-state index >= 15 is 0 Å². The number of rotatable bonds is 4. The van der Waals surface area contributed by atoms with Crippen LogP contribution in [0.3, 0.4) is 0 Å². The smallest absolute Gasteiger partial charge is 0.137 e. The van der Waals surface area contributed by atoms with E-state index in [9.17, 15) is 15.0 Å². The number of allylic oxidation sites excluding steroid dienone is 4. The Balaban J connectivity index is 1.33. The van der Waals surface area contributed by atoms with E-state index in [1.165, 1.54) is 19.3 Å². The predicted octanol–water partition coefficient (Wildman–Crippen LogP) is 5.46. The molecule has 4 fully saturated rings. The zero-order chi connectivity index (χ0) is 21.6. The van der Waals surface area contributed by atoms with E-state index in [2.05, 4.69) is 31.2 Å². The van der Waals surface area contributed by atoms with E-state index in [4.69, 9.17) is 0 Å². The minimum atomic E-state index is -0.170. The molecule has 5 aliphatic carbocycles. The van der Waals surface area contributed by atoms with Gasteiger partial charge in [0.05, 0.1) is 6.10 Å². The van der Waals surface area contributed by atoms with Crippen LogP contribution in [0.2, 0.25) is 0 Å². The first-order chi connectivity index (χ1) is 15.0. The lowest BCUT2D eigenvalue weighted by Crippen LogP contribution is -2.56. The zero-order valence-corrected chi connectivity index (χ0v) is 19.3. The van der Waals surface area contributed by atoms with E-state index in [-0.39, 0.29) is 22.9 Å². The Morgan fingerprint density at radius 1 is 1.00 bits per heavy atom. The molecule has 172 valence electrons. The molecule has 4 saturated carbocycles. The second-order valence-electron chi connectivity index (χ2n) is 12.0. The van der Waals surface area contributed by atoms with Crippen molar-refractivity contribution in [2.24, 2.45) is 46.3 Å². The van der Waals surface area contributed by atoms with Gasteiger partial charge in [-0.3, -0.25) is 4.79 Å². The number of carbonyl (C=O) groups excluding carboxylic acids is 1. The van der Waals surface area contributed by atoms with Gasteiger partial charge in [0.25, 0.3) is 0 Å². The third-order valence-electron chi connectivity index (χ3n) is 10.8. The summed E-state index contributed by atoms with van der Waals surface area (Å²) in [6, 6.07) is 0. The first-order valence-corrected chi connectivity index (χ1v) is 13.1. The van der Waals surface area contributed by atoms with Gasteiger partial charge < -0.3 is 10.2 Å². The van der Waals surface area contributed by atoms with Crippen LogP contribution in [0, 0.1) is 46.3 Å². The highest BCUT2D eigenvalue weighted by Gasteiger charge is 2.62. The van der Waals surface area contributed by atoms with Gasteiger partial charge in [-0.2, -0.15) is 0 Å². The number of carbonyl (C=O) groups is 1. The molecule has 5 aliphatic rings. The molecule has 0 bridgehead atoms. The van der Waals surface area contributed by atoms with Gasteiger partial charge in [0.2, 0.25) is 0 Å². The van der Waals surface area contributed by atoms with Gasteiger partial charge in [0.15, 0.2) is 0 Å². The van der Waals surface area contributed by atoms with E-state index in [1.807, 2.05) is 0 Å². The Labute approximate surface area is 188 Å². The third-order valence-corrected chi connectivity index (χ3v) is 10.8. The highest BCUT2D eigenvalue weighted by Crippen LogP contribution is 2.67. The quantitative estimate of drug-likeness (QED) is 0.627. The van der Waals surface area contributed by atoms with E-state index in [1.54, 1.807) is 0 Å². The lowest BCUT2D eigenvalue weighted by atomic mass is 9.44. The number of fused-ring (bicyclic) bond motifs is 5. The summed E-state index contributed by atoms with van der Waals surface area (Å²) in [5.74, 6) is 3.54.